The van der Waals surface area contributed by atoms with E-state index >= 15 is 0 Å². The van der Waals surface area contributed by atoms with Gasteiger partial charge >= 0.3 is 11.9 Å². The highest BCUT2D eigenvalue weighted by Gasteiger charge is 2.34. The molecule has 0 unspecified atom stereocenters. The average molecular weight is 975 g/mol. The lowest BCUT2D eigenvalue weighted by Gasteiger charge is -2.18. The molecule has 6 aromatic rings. The monoisotopic (exact) mass is 974 g/mol. The van der Waals surface area contributed by atoms with Crippen LogP contribution in [0.3, 0.4) is 0 Å². The number of thiocarbonyl (C=S) groups is 2. The van der Waals surface area contributed by atoms with Crippen LogP contribution < -0.4 is 10.9 Å². The average Bonchev–Trinajstić information content (AvgIpc) is 4.10. The van der Waals surface area contributed by atoms with Crippen molar-refractivity contribution in [3.05, 3.63) is 160 Å². The number of benzene rings is 4. The lowest BCUT2D eigenvalue weighted by Crippen LogP contribution is -2.34. The second kappa shape index (κ2) is 21.2. The molecule has 2 aromatic heterocycles. The highest BCUT2D eigenvalue weighted by molar-refractivity contribution is 8.26. The van der Waals surface area contributed by atoms with Gasteiger partial charge in [-0.1, -0.05) is 150 Å². The number of amides is 2. The van der Waals surface area contributed by atoms with Gasteiger partial charge < -0.3 is 19.0 Å². The highest BCUT2D eigenvalue weighted by Crippen LogP contribution is 2.35. The number of carboxylic acid groups (broad SMARTS) is 2. The number of aromatic carboxylic acids is 2. The molecule has 17 heteroatoms. The minimum atomic E-state index is -1.10. The van der Waals surface area contributed by atoms with Crippen LogP contribution in [-0.4, -0.2) is 64.7 Å². The highest BCUT2D eigenvalue weighted by atomic mass is 32.2. The molecule has 4 aromatic carbocycles. The van der Waals surface area contributed by atoms with Crippen molar-refractivity contribution in [1.82, 2.24) is 10.0 Å². The molecule has 2 aliphatic rings. The van der Waals surface area contributed by atoms with Gasteiger partial charge in [-0.2, -0.15) is 0 Å². The van der Waals surface area contributed by atoms with Gasteiger partial charge in [0.15, 0.2) is 20.7 Å². The van der Waals surface area contributed by atoms with E-state index in [1.165, 1.54) is 45.0 Å². The molecule has 2 aliphatic heterocycles. The van der Waals surface area contributed by atoms with Gasteiger partial charge in [-0.15, -0.1) is 0 Å². The fourth-order valence-electron chi connectivity index (χ4n) is 6.36. The van der Waals surface area contributed by atoms with Crippen LogP contribution in [0.4, 0.5) is 11.4 Å². The van der Waals surface area contributed by atoms with Crippen molar-refractivity contribution < 1.29 is 43.0 Å². The molecule has 2 fully saturated rings. The van der Waals surface area contributed by atoms with Gasteiger partial charge in [0.1, 0.15) is 17.3 Å². The Bertz CT molecular complexity index is 2860. The molecule has 2 amide bonds. The number of nitrogens with one attached hydrogen (secondary N) is 2. The van der Waals surface area contributed by atoms with Crippen molar-refractivity contribution >= 4 is 104 Å². The first-order chi connectivity index (χ1) is 31.7. The number of furan rings is 2. The molecule has 0 radical (unpaired) electrons. The van der Waals surface area contributed by atoms with Crippen molar-refractivity contribution in [2.24, 2.45) is 0 Å². The fourth-order valence-corrected chi connectivity index (χ4v) is 8.49. The molecule has 4 heterocycles. The first-order valence-electron chi connectivity index (χ1n) is 20.6. The van der Waals surface area contributed by atoms with Gasteiger partial charge in [0, 0.05) is 17.2 Å². The molecular formula is C50H46N4O9S4. The van der Waals surface area contributed by atoms with Crippen LogP contribution in [0.25, 0.3) is 28.7 Å². The molecule has 344 valence electrons. The molecule has 0 atom stereocenters. The third kappa shape index (κ3) is 12.6. The van der Waals surface area contributed by atoms with Crippen molar-refractivity contribution in [2.45, 2.75) is 52.4 Å². The smallest absolute Gasteiger partial charge is 0.337 e. The zero-order valence-corrected chi connectivity index (χ0v) is 40.5. The van der Waals surface area contributed by atoms with E-state index in [2.05, 4.69) is 76.7 Å². The Hall–Kier alpha value is -6.79. The Morgan fingerprint density at radius 1 is 0.627 bits per heavy atom. The summed E-state index contributed by atoms with van der Waals surface area (Å²) >= 11 is 12.7. The molecule has 13 nitrogen and oxygen atoms in total. The van der Waals surface area contributed by atoms with Gasteiger partial charge in [-0.3, -0.25) is 25.2 Å². The summed E-state index contributed by atoms with van der Waals surface area (Å²) in [4.78, 5) is 57.7. The van der Waals surface area contributed by atoms with Gasteiger partial charge in [0.25, 0.3) is 11.8 Å². The fraction of sp³-hybridized carbons (Fsp3) is 0.180. The topological polar surface area (TPSA) is 183 Å². The number of nitrogens with zero attached hydrogens (tertiary/aromatic N) is 2. The standard InChI is InChI=1S/C25H22N2O4S2.C15H16O2.C10H8N2O3S2/c1-25(2,3)16-10-8-15(9-11-16)20-13-12-17(31-20)14-21-22(28)27(24(32)33-21)26-19-7-5-4-6-18(19)23(29)30;1-15(2,3)12-6-4-11(5-7-12)14-9-8-13(10-16)17-14;13-8-5-17-10(16)12(8)11-7-4-2-1-3-6(7)9(14)15/h4-14,26H,1-3H3,(H,29,30);4-10H,1-3H3;1-4,11H,5H2,(H,14,15). The van der Waals surface area contributed by atoms with Crippen molar-refractivity contribution in [3.63, 3.8) is 0 Å². The maximum absolute atomic E-state index is 12.9. The number of thioether (sulfide) groups is 2. The second-order valence-electron chi connectivity index (χ2n) is 16.9. The van der Waals surface area contributed by atoms with Crippen LogP contribution in [0.1, 0.15) is 89.7 Å². The number of carbonyl (C=O) groups is 5. The lowest BCUT2D eigenvalue weighted by molar-refractivity contribution is -0.123. The normalized spacial score (nSPS) is 14.3. The Morgan fingerprint density at radius 3 is 1.49 bits per heavy atom. The minimum absolute atomic E-state index is 0.0451. The number of aldehydes is 1. The molecule has 0 spiro atoms. The first-order valence-corrected chi connectivity index (χ1v) is 23.2. The third-order valence-corrected chi connectivity index (χ3v) is 12.7. The Morgan fingerprint density at radius 2 is 1.07 bits per heavy atom. The van der Waals surface area contributed by atoms with Crippen LogP contribution in [0.2, 0.25) is 0 Å². The van der Waals surface area contributed by atoms with Crippen LogP contribution in [-0.2, 0) is 20.4 Å². The summed E-state index contributed by atoms with van der Waals surface area (Å²) in [5, 5.41) is 20.7. The quantitative estimate of drug-likeness (QED) is 0.0577. The summed E-state index contributed by atoms with van der Waals surface area (Å²) < 4.78 is 12.0. The molecule has 67 heavy (non-hydrogen) atoms. The number of carbonyl (C=O) groups excluding carboxylic acids is 3. The van der Waals surface area contributed by atoms with E-state index in [0.29, 0.717) is 38.5 Å². The van der Waals surface area contributed by atoms with Crippen molar-refractivity contribution in [2.75, 3.05) is 16.6 Å². The predicted molar refractivity (Wildman–Crippen MR) is 272 cm³/mol. The van der Waals surface area contributed by atoms with Gasteiger partial charge in [-0.05, 0) is 82.7 Å². The van der Waals surface area contributed by atoms with E-state index in [1.807, 2.05) is 36.4 Å². The van der Waals surface area contributed by atoms with E-state index in [0.717, 1.165) is 28.6 Å². The zero-order chi connectivity index (χ0) is 48.6. The van der Waals surface area contributed by atoms with E-state index in [4.69, 9.17) is 38.4 Å². The number of para-hydroxylation sites is 2. The molecule has 0 aliphatic carbocycles. The molecule has 2 saturated heterocycles. The summed E-state index contributed by atoms with van der Waals surface area (Å²) in [6.45, 7) is 13.0. The van der Waals surface area contributed by atoms with E-state index in [1.54, 1.807) is 54.6 Å². The van der Waals surface area contributed by atoms with E-state index < -0.39 is 11.9 Å². The number of anilines is 2. The van der Waals surface area contributed by atoms with Crippen LogP contribution in [0.15, 0.2) is 135 Å². The minimum Gasteiger partial charge on any atom is -0.478 e. The van der Waals surface area contributed by atoms with Crippen LogP contribution in [0, 0.1) is 0 Å². The maximum atomic E-state index is 12.9. The molecule has 8 rings (SSSR count). The summed E-state index contributed by atoms with van der Waals surface area (Å²) in [5.74, 6) is -0.121. The summed E-state index contributed by atoms with van der Waals surface area (Å²) in [5.41, 5.74) is 11.0. The van der Waals surface area contributed by atoms with Crippen LogP contribution in [0.5, 0.6) is 0 Å². The number of rotatable bonds is 10. The Labute approximate surface area is 406 Å². The molecule has 4 N–H and O–H groups in total. The SMILES string of the molecule is CC(C)(C)c1ccc(-c2ccc(C=C3SC(=S)N(Nc4ccccc4C(=O)O)C3=O)o2)cc1.CC(C)(C)c1ccc(-c2ccc(C=O)o2)cc1.O=C(O)c1ccccc1NN1C(=O)CSC1=S. The second-order valence-corrected chi connectivity index (χ2v) is 20.2. The number of carboxylic acids is 2. The molecular weight excluding hydrogens is 929 g/mol. The summed E-state index contributed by atoms with van der Waals surface area (Å²) in [6, 6.07) is 36.3. The van der Waals surface area contributed by atoms with Gasteiger partial charge in [0.05, 0.1) is 33.2 Å². The number of hydrogen-bond acceptors (Lipinski definition) is 13. The Balaban J connectivity index is 0.000000183. The number of hydrogen-bond donors (Lipinski definition) is 4. The molecule has 0 saturated carbocycles. The number of hydrazine groups is 2. The third-order valence-electron chi connectivity index (χ3n) is 10.0. The largest absolute Gasteiger partial charge is 0.478 e. The maximum Gasteiger partial charge on any atom is 0.337 e. The van der Waals surface area contributed by atoms with E-state index in [-0.39, 0.29) is 49.5 Å². The van der Waals surface area contributed by atoms with Crippen LogP contribution >= 0.6 is 48.0 Å². The summed E-state index contributed by atoms with van der Waals surface area (Å²) in [7, 11) is 0. The first kappa shape index (κ1) is 49.6. The molecule has 0 bridgehead atoms. The van der Waals surface area contributed by atoms with Crippen molar-refractivity contribution in [3.8, 4) is 22.6 Å². The van der Waals surface area contributed by atoms with E-state index in [9.17, 15) is 29.1 Å². The van der Waals surface area contributed by atoms with Gasteiger partial charge in [0.2, 0.25) is 0 Å². The summed E-state index contributed by atoms with van der Waals surface area (Å²) in [6.07, 6.45) is 2.35. The predicted octanol–water partition coefficient (Wildman–Crippen LogP) is 11.8. The zero-order valence-electron chi connectivity index (χ0n) is 37.2. The van der Waals surface area contributed by atoms with Crippen molar-refractivity contribution in [1.29, 1.82) is 0 Å². The Kier molecular flexibility index (Phi) is 15.7. The van der Waals surface area contributed by atoms with Gasteiger partial charge in [-0.25, -0.2) is 19.6 Å². The lowest BCUT2D eigenvalue weighted by atomic mass is 9.86.